The highest BCUT2D eigenvalue weighted by atomic mass is 19.1. The van der Waals surface area contributed by atoms with Gasteiger partial charge in [-0.3, -0.25) is 0 Å². The average Bonchev–Trinajstić information content (AvgIpc) is 2.81. The molecule has 0 unspecified atom stereocenters. The summed E-state index contributed by atoms with van der Waals surface area (Å²) in [5.74, 6) is -0.324. The molecule has 0 saturated carbocycles. The van der Waals surface area contributed by atoms with Crippen LogP contribution in [0.1, 0.15) is 16.7 Å². The maximum absolute atomic E-state index is 13.4. The van der Waals surface area contributed by atoms with E-state index in [1.807, 2.05) is 60.7 Å². The molecule has 1 aliphatic heterocycles. The van der Waals surface area contributed by atoms with E-state index in [2.05, 4.69) is 0 Å². The number of aliphatic hydroxyl groups excluding tert-OH is 1. The summed E-state index contributed by atoms with van der Waals surface area (Å²) in [7, 11) is 0. The highest BCUT2D eigenvalue weighted by Gasteiger charge is 2.37. The molecular formula is C26H25FO4. The van der Waals surface area contributed by atoms with Crippen LogP contribution in [0.4, 0.5) is 4.39 Å². The van der Waals surface area contributed by atoms with Crippen molar-refractivity contribution in [1.82, 2.24) is 0 Å². The van der Waals surface area contributed by atoms with E-state index in [4.69, 9.17) is 14.2 Å². The molecule has 3 aromatic carbocycles. The van der Waals surface area contributed by atoms with Gasteiger partial charge in [0.25, 0.3) is 0 Å². The molecule has 1 heterocycles. The largest absolute Gasteiger partial charge is 0.492 e. The first-order valence-electron chi connectivity index (χ1n) is 10.3. The van der Waals surface area contributed by atoms with Crippen LogP contribution in [0.25, 0.3) is 5.57 Å². The second-order valence-corrected chi connectivity index (χ2v) is 7.46. The molecule has 4 nitrogen and oxygen atoms in total. The van der Waals surface area contributed by atoms with Crippen LogP contribution in [0.15, 0.2) is 91.2 Å². The van der Waals surface area contributed by atoms with E-state index in [9.17, 15) is 9.50 Å². The van der Waals surface area contributed by atoms with Crippen molar-refractivity contribution in [3.05, 3.63) is 114 Å². The number of benzene rings is 3. The van der Waals surface area contributed by atoms with E-state index >= 15 is 0 Å². The zero-order chi connectivity index (χ0) is 21.5. The monoisotopic (exact) mass is 420 g/mol. The van der Waals surface area contributed by atoms with Crippen molar-refractivity contribution in [2.75, 3.05) is 6.61 Å². The van der Waals surface area contributed by atoms with Gasteiger partial charge in [0, 0.05) is 5.57 Å². The molecule has 1 N–H and O–H groups in total. The molecule has 31 heavy (non-hydrogen) atoms. The fourth-order valence-electron chi connectivity index (χ4n) is 3.52. The van der Waals surface area contributed by atoms with E-state index in [-0.39, 0.29) is 12.4 Å². The van der Waals surface area contributed by atoms with Gasteiger partial charge in [-0.25, -0.2) is 4.39 Å². The Balaban J connectivity index is 1.47. The lowest BCUT2D eigenvalue weighted by Gasteiger charge is -2.35. The van der Waals surface area contributed by atoms with Crippen LogP contribution >= 0.6 is 0 Å². The van der Waals surface area contributed by atoms with Crippen LogP contribution in [-0.2, 0) is 27.4 Å². The van der Waals surface area contributed by atoms with Crippen LogP contribution in [-0.4, -0.2) is 30.0 Å². The second-order valence-electron chi connectivity index (χ2n) is 7.46. The van der Waals surface area contributed by atoms with Gasteiger partial charge in [-0.1, -0.05) is 72.8 Å². The number of hydrogen-bond donors (Lipinski definition) is 1. The molecule has 0 aliphatic carbocycles. The smallest absolute Gasteiger partial charge is 0.150 e. The Bertz CT molecular complexity index is 973. The zero-order valence-corrected chi connectivity index (χ0v) is 17.1. The van der Waals surface area contributed by atoms with E-state index in [0.29, 0.717) is 18.8 Å². The van der Waals surface area contributed by atoms with Gasteiger partial charge >= 0.3 is 0 Å². The van der Waals surface area contributed by atoms with Crippen LogP contribution in [0.3, 0.4) is 0 Å². The minimum Gasteiger partial charge on any atom is -0.492 e. The number of aliphatic hydroxyl groups is 1. The van der Waals surface area contributed by atoms with Gasteiger partial charge < -0.3 is 19.3 Å². The first-order valence-corrected chi connectivity index (χ1v) is 10.3. The average molecular weight is 420 g/mol. The molecule has 0 radical (unpaired) electrons. The molecule has 5 heteroatoms. The summed E-state index contributed by atoms with van der Waals surface area (Å²) in [6, 6.07) is 25.7. The molecule has 1 aliphatic rings. The van der Waals surface area contributed by atoms with E-state index in [1.165, 1.54) is 12.1 Å². The molecule has 3 aromatic rings. The molecule has 160 valence electrons. The maximum Gasteiger partial charge on any atom is 0.150 e. The quantitative estimate of drug-likeness (QED) is 0.573. The van der Waals surface area contributed by atoms with Gasteiger partial charge in [-0.15, -0.1) is 0 Å². The standard InChI is InChI=1S/C26H25FO4/c27-22-13-11-21(12-14-22)23-17-30-24(18-29-15-19-7-3-1-4-8-19)25(28)26(23)31-16-20-9-5-2-6-10-20/h1-14,17,24-26,28H,15-16,18H2/t24-,25+,26-/m1/s1. The Morgan fingerprint density at radius 3 is 2.06 bits per heavy atom. The SMILES string of the molecule is O[C@@H]1[C@H](OCc2ccccc2)C(c2ccc(F)cc2)=CO[C@@H]1COCc1ccccc1. The molecule has 0 amide bonds. The van der Waals surface area contributed by atoms with Gasteiger partial charge in [0.15, 0.2) is 0 Å². The predicted octanol–water partition coefficient (Wildman–Crippen LogP) is 4.73. The normalized spacial score (nSPS) is 20.7. The Morgan fingerprint density at radius 1 is 0.806 bits per heavy atom. The highest BCUT2D eigenvalue weighted by Crippen LogP contribution is 2.31. The molecule has 0 aromatic heterocycles. The first kappa shape index (κ1) is 21.2. The number of halogens is 1. The van der Waals surface area contributed by atoms with Crippen molar-refractivity contribution in [3.8, 4) is 0 Å². The Hall–Kier alpha value is -2.99. The summed E-state index contributed by atoms with van der Waals surface area (Å²) in [4.78, 5) is 0. The molecule has 0 spiro atoms. The minimum absolute atomic E-state index is 0.217. The lowest BCUT2D eigenvalue weighted by molar-refractivity contribution is -0.111. The molecule has 3 atom stereocenters. The summed E-state index contributed by atoms with van der Waals surface area (Å²) in [6.45, 7) is 0.977. The number of ether oxygens (including phenoxy) is 3. The van der Waals surface area contributed by atoms with Crippen LogP contribution < -0.4 is 0 Å². The van der Waals surface area contributed by atoms with Gasteiger partial charge in [-0.2, -0.15) is 0 Å². The van der Waals surface area contributed by atoms with Gasteiger partial charge in [0.2, 0.25) is 0 Å². The van der Waals surface area contributed by atoms with E-state index in [1.54, 1.807) is 18.4 Å². The number of rotatable bonds is 8. The minimum atomic E-state index is -0.940. The summed E-state index contributed by atoms with van der Waals surface area (Å²) < 4.78 is 31.1. The fraction of sp³-hybridized carbons (Fsp3) is 0.231. The zero-order valence-electron chi connectivity index (χ0n) is 17.1. The summed E-state index contributed by atoms with van der Waals surface area (Å²) in [6.07, 6.45) is -0.561. The van der Waals surface area contributed by atoms with Gasteiger partial charge in [0.05, 0.1) is 26.1 Å². The Labute approximate surface area is 181 Å². The second kappa shape index (κ2) is 10.4. The number of hydrogen-bond acceptors (Lipinski definition) is 4. The Morgan fingerprint density at radius 2 is 1.42 bits per heavy atom. The molecule has 4 rings (SSSR count). The lowest BCUT2D eigenvalue weighted by Crippen LogP contribution is -2.45. The third kappa shape index (κ3) is 5.58. The molecule has 0 fully saturated rings. The summed E-state index contributed by atoms with van der Waals surface area (Å²) >= 11 is 0. The fourth-order valence-corrected chi connectivity index (χ4v) is 3.52. The summed E-state index contributed by atoms with van der Waals surface area (Å²) in [5.41, 5.74) is 3.45. The van der Waals surface area contributed by atoms with Crippen molar-refractivity contribution in [1.29, 1.82) is 0 Å². The first-order chi connectivity index (χ1) is 15.2. The third-order valence-electron chi connectivity index (χ3n) is 5.21. The molecular weight excluding hydrogens is 395 g/mol. The molecule has 0 bridgehead atoms. The van der Waals surface area contributed by atoms with Crippen molar-refractivity contribution in [2.24, 2.45) is 0 Å². The molecule has 0 saturated heterocycles. The maximum atomic E-state index is 13.4. The predicted molar refractivity (Wildman–Crippen MR) is 116 cm³/mol. The lowest BCUT2D eigenvalue weighted by atomic mass is 9.93. The van der Waals surface area contributed by atoms with Crippen LogP contribution in [0.2, 0.25) is 0 Å². The van der Waals surface area contributed by atoms with Crippen molar-refractivity contribution in [3.63, 3.8) is 0 Å². The van der Waals surface area contributed by atoms with E-state index < -0.39 is 18.3 Å². The van der Waals surface area contributed by atoms with Crippen LogP contribution in [0.5, 0.6) is 0 Å². The summed E-state index contributed by atoms with van der Waals surface area (Å²) in [5, 5.41) is 11.0. The van der Waals surface area contributed by atoms with E-state index in [0.717, 1.165) is 16.7 Å². The van der Waals surface area contributed by atoms with Crippen molar-refractivity contribution in [2.45, 2.75) is 31.5 Å². The van der Waals surface area contributed by atoms with Gasteiger partial charge in [-0.05, 0) is 28.8 Å². The van der Waals surface area contributed by atoms with Gasteiger partial charge in [0.1, 0.15) is 24.1 Å². The Kier molecular flexibility index (Phi) is 7.10. The van der Waals surface area contributed by atoms with Crippen LogP contribution in [0, 0.1) is 5.82 Å². The topological polar surface area (TPSA) is 47.9 Å². The van der Waals surface area contributed by atoms with Crippen molar-refractivity contribution < 1.29 is 23.7 Å². The third-order valence-corrected chi connectivity index (χ3v) is 5.21. The highest BCUT2D eigenvalue weighted by molar-refractivity contribution is 5.69. The van der Waals surface area contributed by atoms with Crippen molar-refractivity contribution >= 4 is 5.57 Å².